The van der Waals surface area contributed by atoms with Crippen LogP contribution in [-0.4, -0.2) is 37.4 Å². The first-order valence-corrected chi connectivity index (χ1v) is 5.00. The zero-order chi connectivity index (χ0) is 9.99. The molecule has 0 aliphatic carbocycles. The Bertz CT molecular complexity index is 269. The molecule has 0 amide bonds. The Morgan fingerprint density at radius 2 is 1.92 bits per heavy atom. The Morgan fingerprint density at radius 3 is 2.17 bits per heavy atom. The van der Waals surface area contributed by atoms with Crippen LogP contribution in [0.1, 0.15) is 6.42 Å². The highest BCUT2D eigenvalue weighted by Gasteiger charge is 2.39. The van der Waals surface area contributed by atoms with E-state index in [9.17, 15) is 22.0 Å². The van der Waals surface area contributed by atoms with E-state index in [0.29, 0.717) is 0 Å². The Morgan fingerprint density at radius 1 is 1.50 bits per heavy atom. The number of carboxylic acids is 1. The number of halogens is 2. The molecule has 0 heterocycles. The van der Waals surface area contributed by atoms with E-state index in [2.05, 4.69) is 0 Å². The third kappa shape index (κ3) is 4.22. The minimum absolute atomic E-state index is 0.769. The van der Waals surface area contributed by atoms with Gasteiger partial charge in [-0.2, -0.15) is 8.78 Å². The van der Waals surface area contributed by atoms with Crippen LogP contribution in [0.2, 0.25) is 0 Å². The zero-order valence-corrected chi connectivity index (χ0v) is 7.07. The monoisotopic (exact) mass is 202 g/mol. The van der Waals surface area contributed by atoms with Crippen molar-refractivity contribution in [3.63, 3.8) is 0 Å². The van der Waals surface area contributed by atoms with E-state index in [1.54, 1.807) is 0 Å². The lowest BCUT2D eigenvalue weighted by molar-refractivity contribution is -0.164. The van der Waals surface area contributed by atoms with Gasteiger partial charge in [0.25, 0.3) is 0 Å². The van der Waals surface area contributed by atoms with Crippen molar-refractivity contribution in [2.45, 2.75) is 12.3 Å². The number of alkyl halides is 2. The molecule has 0 rings (SSSR count). The highest BCUT2D eigenvalue weighted by Crippen LogP contribution is 2.18. The van der Waals surface area contributed by atoms with E-state index in [1.807, 2.05) is 0 Å². The van der Waals surface area contributed by atoms with Crippen LogP contribution in [0.4, 0.5) is 8.78 Å². The number of sulfone groups is 1. The van der Waals surface area contributed by atoms with Crippen LogP contribution in [0, 0.1) is 0 Å². The SMILES string of the molecule is CS(=O)(=O)CCC(F)(F)C(=O)O. The van der Waals surface area contributed by atoms with Gasteiger partial charge in [0.05, 0.1) is 5.75 Å². The fourth-order valence-corrected chi connectivity index (χ4v) is 1.05. The molecule has 0 aromatic heterocycles. The summed E-state index contributed by atoms with van der Waals surface area (Å²) in [6, 6.07) is 0. The molecular weight excluding hydrogens is 194 g/mol. The number of rotatable bonds is 4. The summed E-state index contributed by atoms with van der Waals surface area (Å²) in [7, 11) is -3.53. The quantitative estimate of drug-likeness (QED) is 0.703. The van der Waals surface area contributed by atoms with E-state index >= 15 is 0 Å². The second-order valence-corrected chi connectivity index (χ2v) is 4.65. The highest BCUT2D eigenvalue weighted by atomic mass is 32.2. The van der Waals surface area contributed by atoms with Crippen LogP contribution < -0.4 is 0 Å². The molecule has 0 aliphatic heterocycles. The fraction of sp³-hybridized carbons (Fsp3) is 0.800. The first-order chi connectivity index (χ1) is 5.15. The summed E-state index contributed by atoms with van der Waals surface area (Å²) < 4.78 is 45.2. The Kier molecular flexibility index (Phi) is 3.14. The van der Waals surface area contributed by atoms with Gasteiger partial charge in [0, 0.05) is 12.7 Å². The van der Waals surface area contributed by atoms with Crippen LogP contribution in [-0.2, 0) is 14.6 Å². The number of carboxylic acid groups (broad SMARTS) is 1. The van der Waals surface area contributed by atoms with Crippen LogP contribution >= 0.6 is 0 Å². The van der Waals surface area contributed by atoms with Crippen molar-refractivity contribution >= 4 is 15.8 Å². The van der Waals surface area contributed by atoms with Crippen molar-refractivity contribution in [2.24, 2.45) is 0 Å². The lowest BCUT2D eigenvalue weighted by atomic mass is 10.3. The molecule has 0 atom stereocenters. The Hall–Kier alpha value is -0.720. The molecule has 0 unspecified atom stereocenters. The van der Waals surface area contributed by atoms with E-state index in [4.69, 9.17) is 5.11 Å². The third-order valence-corrected chi connectivity index (χ3v) is 2.05. The van der Waals surface area contributed by atoms with Gasteiger partial charge in [-0.3, -0.25) is 0 Å². The molecule has 72 valence electrons. The Labute approximate surface area is 68.1 Å². The van der Waals surface area contributed by atoms with Gasteiger partial charge < -0.3 is 5.11 Å². The van der Waals surface area contributed by atoms with Crippen molar-refractivity contribution in [1.82, 2.24) is 0 Å². The predicted octanol–water partition coefficient (Wildman–Crippen LogP) is 0.141. The minimum Gasteiger partial charge on any atom is -0.477 e. The van der Waals surface area contributed by atoms with Gasteiger partial charge in [-0.15, -0.1) is 0 Å². The number of aliphatic carboxylic acids is 1. The number of hydrogen-bond acceptors (Lipinski definition) is 3. The Balaban J connectivity index is 4.20. The molecular formula is C5H8F2O4S. The molecule has 0 radical (unpaired) electrons. The minimum atomic E-state index is -3.96. The summed E-state index contributed by atoms with van der Waals surface area (Å²) in [5.74, 6) is -7.08. The van der Waals surface area contributed by atoms with Crippen LogP contribution in [0.15, 0.2) is 0 Å². The van der Waals surface area contributed by atoms with Gasteiger partial charge in [0.2, 0.25) is 0 Å². The fourth-order valence-electron chi connectivity index (χ4n) is 0.421. The standard InChI is InChI=1S/C5H8F2O4S/c1-12(10,11)3-2-5(6,7)4(8)9/h2-3H2,1H3,(H,8,9). The van der Waals surface area contributed by atoms with Crippen molar-refractivity contribution in [3.8, 4) is 0 Å². The largest absolute Gasteiger partial charge is 0.477 e. The lowest BCUT2D eigenvalue weighted by Gasteiger charge is -2.08. The first-order valence-electron chi connectivity index (χ1n) is 2.94. The van der Waals surface area contributed by atoms with Crippen LogP contribution in [0.5, 0.6) is 0 Å². The molecule has 12 heavy (non-hydrogen) atoms. The molecule has 0 bridgehead atoms. The van der Waals surface area contributed by atoms with E-state index in [0.717, 1.165) is 6.26 Å². The highest BCUT2D eigenvalue weighted by molar-refractivity contribution is 7.90. The summed E-state index contributed by atoms with van der Waals surface area (Å²) in [6.45, 7) is 0. The lowest BCUT2D eigenvalue weighted by Crippen LogP contribution is -2.30. The topological polar surface area (TPSA) is 71.4 Å². The average Bonchev–Trinajstić information content (AvgIpc) is 1.82. The second kappa shape index (κ2) is 3.34. The normalized spacial score (nSPS) is 12.9. The maximum atomic E-state index is 12.2. The number of hydrogen-bond donors (Lipinski definition) is 1. The maximum Gasteiger partial charge on any atom is 0.374 e. The van der Waals surface area contributed by atoms with Gasteiger partial charge in [-0.05, 0) is 0 Å². The molecule has 0 aliphatic rings. The molecule has 0 fully saturated rings. The molecule has 4 nitrogen and oxygen atoms in total. The zero-order valence-electron chi connectivity index (χ0n) is 6.25. The first kappa shape index (κ1) is 11.3. The van der Waals surface area contributed by atoms with E-state index in [-0.39, 0.29) is 0 Å². The van der Waals surface area contributed by atoms with E-state index in [1.165, 1.54) is 0 Å². The summed E-state index contributed by atoms with van der Waals surface area (Å²) in [4.78, 5) is 9.79. The molecule has 0 saturated heterocycles. The summed E-state index contributed by atoms with van der Waals surface area (Å²) >= 11 is 0. The molecule has 0 aromatic rings. The molecule has 0 aromatic carbocycles. The molecule has 1 N–H and O–H groups in total. The third-order valence-electron chi connectivity index (χ3n) is 1.10. The van der Waals surface area contributed by atoms with Gasteiger partial charge in [-0.25, -0.2) is 13.2 Å². The summed E-state index contributed by atoms with van der Waals surface area (Å²) in [5.41, 5.74) is 0. The van der Waals surface area contributed by atoms with E-state index < -0.39 is 33.9 Å². The summed E-state index contributed by atoms with van der Waals surface area (Å²) in [5, 5.41) is 7.89. The average molecular weight is 202 g/mol. The predicted molar refractivity (Wildman–Crippen MR) is 36.9 cm³/mol. The second-order valence-electron chi connectivity index (χ2n) is 2.39. The number of carbonyl (C=O) groups is 1. The summed E-state index contributed by atoms with van der Waals surface area (Å²) in [6.07, 6.45) is -0.411. The molecule has 0 saturated carbocycles. The van der Waals surface area contributed by atoms with Crippen molar-refractivity contribution in [2.75, 3.05) is 12.0 Å². The van der Waals surface area contributed by atoms with Gasteiger partial charge >= 0.3 is 11.9 Å². The van der Waals surface area contributed by atoms with Crippen molar-refractivity contribution < 1.29 is 27.1 Å². The van der Waals surface area contributed by atoms with Crippen LogP contribution in [0.3, 0.4) is 0 Å². The van der Waals surface area contributed by atoms with Gasteiger partial charge in [0.1, 0.15) is 9.84 Å². The molecule has 7 heteroatoms. The maximum absolute atomic E-state index is 12.2. The van der Waals surface area contributed by atoms with Gasteiger partial charge in [-0.1, -0.05) is 0 Å². The molecule has 0 spiro atoms. The van der Waals surface area contributed by atoms with Crippen LogP contribution in [0.25, 0.3) is 0 Å². The van der Waals surface area contributed by atoms with Crippen molar-refractivity contribution in [3.05, 3.63) is 0 Å². The smallest absolute Gasteiger partial charge is 0.374 e. The van der Waals surface area contributed by atoms with Gasteiger partial charge in [0.15, 0.2) is 0 Å². The van der Waals surface area contributed by atoms with Crippen molar-refractivity contribution in [1.29, 1.82) is 0 Å².